The summed E-state index contributed by atoms with van der Waals surface area (Å²) in [6.45, 7) is 8.45. The fourth-order valence-electron chi connectivity index (χ4n) is 2.72. The van der Waals surface area contributed by atoms with Crippen molar-refractivity contribution in [3.8, 4) is 0 Å². The van der Waals surface area contributed by atoms with E-state index in [-0.39, 0.29) is 19.0 Å². The van der Waals surface area contributed by atoms with E-state index < -0.39 is 5.92 Å². The Hall–Kier alpha value is -1.16. The normalized spacial score (nSPS) is 21.1. The SMILES string of the molecule is CC.CNC1CC(F)(F)CCN1c1c(C)cccc1C. The van der Waals surface area contributed by atoms with Crippen molar-refractivity contribution in [3.05, 3.63) is 29.3 Å². The molecule has 1 saturated heterocycles. The molecule has 0 bridgehead atoms. The van der Waals surface area contributed by atoms with Gasteiger partial charge in [0.25, 0.3) is 5.92 Å². The minimum absolute atomic E-state index is 0.0705. The highest BCUT2D eigenvalue weighted by Gasteiger charge is 2.40. The summed E-state index contributed by atoms with van der Waals surface area (Å²) in [6.07, 6.45) is -0.496. The molecule has 1 unspecified atom stereocenters. The van der Waals surface area contributed by atoms with Crippen LogP contribution in [-0.4, -0.2) is 25.7 Å². The highest BCUT2D eigenvalue weighted by Crippen LogP contribution is 2.36. The van der Waals surface area contributed by atoms with E-state index >= 15 is 0 Å². The van der Waals surface area contributed by atoms with Gasteiger partial charge in [-0.1, -0.05) is 32.0 Å². The van der Waals surface area contributed by atoms with E-state index in [1.807, 2.05) is 45.9 Å². The summed E-state index contributed by atoms with van der Waals surface area (Å²) in [5, 5.41) is 3.01. The fourth-order valence-corrected chi connectivity index (χ4v) is 2.72. The van der Waals surface area contributed by atoms with Gasteiger partial charge in [0.1, 0.15) is 0 Å². The molecule has 1 aromatic rings. The van der Waals surface area contributed by atoms with E-state index in [1.54, 1.807) is 7.05 Å². The minimum Gasteiger partial charge on any atom is -0.355 e. The van der Waals surface area contributed by atoms with Crippen LogP contribution in [0.25, 0.3) is 0 Å². The average Bonchev–Trinajstić information content (AvgIpc) is 2.41. The standard InChI is InChI=1S/C14H20F2N2.C2H6/c1-10-5-4-6-11(2)13(10)18-8-7-14(15,16)9-12(18)17-3;1-2/h4-6,12,17H,7-9H2,1-3H3;1-2H3. The van der Waals surface area contributed by atoms with E-state index in [4.69, 9.17) is 0 Å². The second kappa shape index (κ2) is 7.02. The van der Waals surface area contributed by atoms with Crippen LogP contribution in [0.15, 0.2) is 18.2 Å². The molecule has 2 nitrogen and oxygen atoms in total. The third-order valence-corrected chi connectivity index (χ3v) is 3.65. The summed E-state index contributed by atoms with van der Waals surface area (Å²) in [6, 6.07) is 6.06. The minimum atomic E-state index is -2.55. The summed E-state index contributed by atoms with van der Waals surface area (Å²) >= 11 is 0. The Morgan fingerprint density at radius 2 is 1.75 bits per heavy atom. The molecule has 1 aliphatic heterocycles. The number of nitrogens with zero attached hydrogens (tertiary/aromatic N) is 1. The molecule has 1 heterocycles. The van der Waals surface area contributed by atoms with E-state index in [9.17, 15) is 8.78 Å². The van der Waals surface area contributed by atoms with Crippen molar-refractivity contribution in [2.45, 2.75) is 52.6 Å². The van der Waals surface area contributed by atoms with Crippen LogP contribution in [0.5, 0.6) is 0 Å². The van der Waals surface area contributed by atoms with Crippen molar-refractivity contribution in [3.63, 3.8) is 0 Å². The summed E-state index contributed by atoms with van der Waals surface area (Å²) in [4.78, 5) is 2.07. The molecule has 0 radical (unpaired) electrons. The Kier molecular flexibility index (Phi) is 5.93. The molecule has 1 fully saturated rings. The third-order valence-electron chi connectivity index (χ3n) is 3.65. The Morgan fingerprint density at radius 1 is 1.20 bits per heavy atom. The first kappa shape index (κ1) is 16.9. The van der Waals surface area contributed by atoms with Gasteiger partial charge in [-0.2, -0.15) is 0 Å². The van der Waals surface area contributed by atoms with E-state index in [0.717, 1.165) is 16.8 Å². The van der Waals surface area contributed by atoms with Crippen LogP contribution in [-0.2, 0) is 0 Å². The lowest BCUT2D eigenvalue weighted by molar-refractivity contribution is -0.0366. The second-order valence-corrected chi connectivity index (χ2v) is 5.05. The lowest BCUT2D eigenvalue weighted by Gasteiger charge is -2.42. The molecule has 20 heavy (non-hydrogen) atoms. The van der Waals surface area contributed by atoms with Crippen molar-refractivity contribution in [2.75, 3.05) is 18.5 Å². The van der Waals surface area contributed by atoms with Crippen LogP contribution < -0.4 is 10.2 Å². The van der Waals surface area contributed by atoms with E-state index in [1.165, 1.54) is 0 Å². The zero-order valence-electron chi connectivity index (χ0n) is 13.1. The van der Waals surface area contributed by atoms with Gasteiger partial charge in [-0.15, -0.1) is 0 Å². The molecule has 1 N–H and O–H groups in total. The smallest absolute Gasteiger partial charge is 0.253 e. The summed E-state index contributed by atoms with van der Waals surface area (Å²) < 4.78 is 26.9. The molecular formula is C16H26F2N2. The topological polar surface area (TPSA) is 15.3 Å². The molecule has 1 atom stereocenters. The highest BCUT2D eigenvalue weighted by atomic mass is 19.3. The lowest BCUT2D eigenvalue weighted by atomic mass is 9.99. The van der Waals surface area contributed by atoms with Gasteiger partial charge in [0.05, 0.1) is 6.17 Å². The maximum Gasteiger partial charge on any atom is 0.253 e. The van der Waals surface area contributed by atoms with Crippen LogP contribution in [0.2, 0.25) is 0 Å². The predicted octanol–water partition coefficient (Wildman–Crippen LogP) is 4.11. The largest absolute Gasteiger partial charge is 0.355 e. The summed E-state index contributed by atoms with van der Waals surface area (Å²) in [5.41, 5.74) is 3.37. The Bertz CT molecular complexity index is 412. The van der Waals surface area contributed by atoms with Gasteiger partial charge < -0.3 is 10.2 Å². The molecule has 0 aromatic heterocycles. The monoisotopic (exact) mass is 284 g/mol. The van der Waals surface area contributed by atoms with Crippen molar-refractivity contribution < 1.29 is 8.78 Å². The number of nitrogens with one attached hydrogen (secondary N) is 1. The number of piperidine rings is 1. The van der Waals surface area contributed by atoms with Crippen LogP contribution >= 0.6 is 0 Å². The molecule has 114 valence electrons. The van der Waals surface area contributed by atoms with Crippen molar-refractivity contribution in [1.29, 1.82) is 0 Å². The van der Waals surface area contributed by atoms with Crippen molar-refractivity contribution in [2.24, 2.45) is 0 Å². The Labute approximate surface area is 121 Å². The molecule has 0 amide bonds. The first-order valence-corrected chi connectivity index (χ1v) is 7.32. The Morgan fingerprint density at radius 3 is 2.25 bits per heavy atom. The summed E-state index contributed by atoms with van der Waals surface area (Å²) in [7, 11) is 1.74. The molecule has 1 aromatic carbocycles. The quantitative estimate of drug-likeness (QED) is 0.879. The van der Waals surface area contributed by atoms with Crippen molar-refractivity contribution >= 4 is 5.69 Å². The number of para-hydroxylation sites is 1. The second-order valence-electron chi connectivity index (χ2n) is 5.05. The number of benzene rings is 1. The zero-order chi connectivity index (χ0) is 15.3. The van der Waals surface area contributed by atoms with Crippen LogP contribution in [0, 0.1) is 13.8 Å². The molecule has 0 aliphatic carbocycles. The number of rotatable bonds is 2. The Balaban J connectivity index is 0.000000956. The van der Waals surface area contributed by atoms with Gasteiger partial charge in [0, 0.05) is 25.1 Å². The fraction of sp³-hybridized carbons (Fsp3) is 0.625. The molecule has 2 rings (SSSR count). The summed E-state index contributed by atoms with van der Waals surface area (Å²) in [5.74, 6) is -2.55. The molecule has 0 spiro atoms. The maximum atomic E-state index is 13.5. The number of aryl methyl sites for hydroxylation is 2. The maximum absolute atomic E-state index is 13.5. The first-order chi connectivity index (χ1) is 9.44. The zero-order valence-corrected chi connectivity index (χ0v) is 13.1. The van der Waals surface area contributed by atoms with Gasteiger partial charge in [-0.25, -0.2) is 8.78 Å². The van der Waals surface area contributed by atoms with E-state index in [2.05, 4.69) is 10.2 Å². The molecular weight excluding hydrogens is 258 g/mol. The number of hydrogen-bond donors (Lipinski definition) is 1. The van der Waals surface area contributed by atoms with Gasteiger partial charge in [0.15, 0.2) is 0 Å². The van der Waals surface area contributed by atoms with Crippen LogP contribution in [0.1, 0.15) is 37.8 Å². The van der Waals surface area contributed by atoms with Gasteiger partial charge >= 0.3 is 0 Å². The predicted molar refractivity (Wildman–Crippen MR) is 81.6 cm³/mol. The van der Waals surface area contributed by atoms with Crippen molar-refractivity contribution in [1.82, 2.24) is 5.32 Å². The van der Waals surface area contributed by atoms with E-state index in [0.29, 0.717) is 6.54 Å². The number of hydrogen-bond acceptors (Lipinski definition) is 2. The number of halogens is 2. The van der Waals surface area contributed by atoms with Gasteiger partial charge in [-0.05, 0) is 32.0 Å². The third kappa shape index (κ3) is 3.69. The lowest BCUT2D eigenvalue weighted by Crippen LogP contribution is -2.53. The number of anilines is 1. The van der Waals surface area contributed by atoms with Crippen LogP contribution in [0.4, 0.5) is 14.5 Å². The molecule has 0 saturated carbocycles. The van der Waals surface area contributed by atoms with Gasteiger partial charge in [0.2, 0.25) is 0 Å². The molecule has 4 heteroatoms. The first-order valence-electron chi connectivity index (χ1n) is 7.32. The highest BCUT2D eigenvalue weighted by molar-refractivity contribution is 5.59. The molecule has 1 aliphatic rings. The number of alkyl halides is 2. The van der Waals surface area contributed by atoms with Crippen LogP contribution in [0.3, 0.4) is 0 Å². The average molecular weight is 284 g/mol. The van der Waals surface area contributed by atoms with Gasteiger partial charge in [-0.3, -0.25) is 0 Å².